The second-order valence-electron chi connectivity index (χ2n) is 6.45. The largest absolute Gasteiger partial charge is 0.282 e. The van der Waals surface area contributed by atoms with Crippen molar-refractivity contribution in [3.63, 3.8) is 0 Å². The van der Waals surface area contributed by atoms with E-state index in [9.17, 15) is 13.2 Å². The van der Waals surface area contributed by atoms with Crippen molar-refractivity contribution in [2.24, 2.45) is 0 Å². The highest BCUT2D eigenvalue weighted by atomic mass is 35.5. The Morgan fingerprint density at radius 1 is 1.11 bits per heavy atom. The average molecular weight is 403 g/mol. The molecular weight excluding hydrogens is 388 g/mol. The van der Waals surface area contributed by atoms with Crippen LogP contribution in [0.25, 0.3) is 16.6 Å². The van der Waals surface area contributed by atoms with Crippen LogP contribution < -0.4 is 5.56 Å². The summed E-state index contributed by atoms with van der Waals surface area (Å²) in [5.41, 5.74) is 0.753. The van der Waals surface area contributed by atoms with Gasteiger partial charge in [0.15, 0.2) is 5.65 Å². The fourth-order valence-corrected chi connectivity index (χ4v) is 4.45. The van der Waals surface area contributed by atoms with Gasteiger partial charge in [-0.3, -0.25) is 4.79 Å². The molecule has 0 aliphatic heterocycles. The van der Waals surface area contributed by atoms with Crippen LogP contribution in [0.4, 0.5) is 0 Å². The molecule has 2 heterocycles. The standard InChI is InChI=1S/C18H15ClN4O3S/c1-10(2)11-6-8-12(9-7-11)27(25,26)18-16-20-17(24)15-13(19)4-3-5-14(15)23(16)22-21-18/h3-10,22H,1-2H3. The Balaban J connectivity index is 1.96. The first-order valence-corrected chi connectivity index (χ1v) is 10.1. The second kappa shape index (κ2) is 6.17. The number of aromatic amines is 1. The van der Waals surface area contributed by atoms with Crippen molar-refractivity contribution in [2.75, 3.05) is 0 Å². The first-order chi connectivity index (χ1) is 12.8. The molecule has 0 bridgehead atoms. The van der Waals surface area contributed by atoms with Crippen molar-refractivity contribution < 1.29 is 8.42 Å². The Morgan fingerprint density at radius 2 is 1.81 bits per heavy atom. The number of sulfone groups is 1. The van der Waals surface area contributed by atoms with Gasteiger partial charge in [-0.05, 0) is 35.7 Å². The summed E-state index contributed by atoms with van der Waals surface area (Å²) in [7, 11) is -3.96. The first-order valence-electron chi connectivity index (χ1n) is 8.21. The molecular formula is C18H15ClN4O3S. The summed E-state index contributed by atoms with van der Waals surface area (Å²) < 4.78 is 27.4. The Labute approximate surface area is 159 Å². The third kappa shape index (κ3) is 2.72. The summed E-state index contributed by atoms with van der Waals surface area (Å²) in [6.45, 7) is 4.05. The Kier molecular flexibility index (Phi) is 4.05. The molecule has 0 atom stereocenters. The van der Waals surface area contributed by atoms with E-state index in [2.05, 4.69) is 15.3 Å². The predicted octanol–water partition coefficient (Wildman–Crippen LogP) is 3.18. The van der Waals surface area contributed by atoms with Crippen molar-refractivity contribution in [2.45, 2.75) is 29.7 Å². The maximum atomic E-state index is 13.0. The zero-order valence-electron chi connectivity index (χ0n) is 14.5. The molecule has 27 heavy (non-hydrogen) atoms. The lowest BCUT2D eigenvalue weighted by Gasteiger charge is -2.07. The molecule has 0 aliphatic carbocycles. The quantitative estimate of drug-likeness (QED) is 0.567. The van der Waals surface area contributed by atoms with Gasteiger partial charge < -0.3 is 0 Å². The number of benzene rings is 2. The minimum atomic E-state index is -3.96. The highest BCUT2D eigenvalue weighted by molar-refractivity contribution is 7.91. The Hall–Kier alpha value is -2.71. The molecule has 0 saturated carbocycles. The molecule has 0 saturated heterocycles. The summed E-state index contributed by atoms with van der Waals surface area (Å²) in [4.78, 5) is 16.4. The van der Waals surface area contributed by atoms with Crippen LogP contribution >= 0.6 is 11.6 Å². The molecule has 0 spiro atoms. The molecule has 9 heteroatoms. The highest BCUT2D eigenvalue weighted by Gasteiger charge is 2.26. The molecule has 2 aromatic heterocycles. The fraction of sp³-hybridized carbons (Fsp3) is 0.167. The fourth-order valence-electron chi connectivity index (χ4n) is 2.94. The van der Waals surface area contributed by atoms with Crippen molar-refractivity contribution in [1.82, 2.24) is 19.8 Å². The maximum Gasteiger partial charge on any atom is 0.282 e. The predicted molar refractivity (Wildman–Crippen MR) is 102 cm³/mol. The van der Waals surface area contributed by atoms with Crippen LogP contribution in [-0.4, -0.2) is 28.2 Å². The molecule has 4 aromatic rings. The third-order valence-electron chi connectivity index (χ3n) is 4.42. The zero-order chi connectivity index (χ0) is 19.3. The summed E-state index contributed by atoms with van der Waals surface area (Å²) >= 11 is 6.09. The number of fused-ring (bicyclic) bond motifs is 3. The van der Waals surface area contributed by atoms with Gasteiger partial charge in [-0.15, -0.1) is 5.10 Å². The van der Waals surface area contributed by atoms with E-state index >= 15 is 0 Å². The van der Waals surface area contributed by atoms with E-state index in [1.807, 2.05) is 13.8 Å². The number of hydrogen-bond acceptors (Lipinski definition) is 5. The Morgan fingerprint density at radius 3 is 2.48 bits per heavy atom. The number of halogens is 1. The molecule has 0 radical (unpaired) electrons. The van der Waals surface area contributed by atoms with E-state index in [4.69, 9.17) is 11.6 Å². The maximum absolute atomic E-state index is 13.0. The lowest BCUT2D eigenvalue weighted by molar-refractivity contribution is 0.592. The molecule has 0 fully saturated rings. The van der Waals surface area contributed by atoms with Gasteiger partial charge in [0.05, 0.1) is 20.8 Å². The van der Waals surface area contributed by atoms with Crippen LogP contribution in [0.5, 0.6) is 0 Å². The molecule has 1 N–H and O–H groups in total. The zero-order valence-corrected chi connectivity index (χ0v) is 16.0. The van der Waals surface area contributed by atoms with Crippen LogP contribution in [0.3, 0.4) is 0 Å². The van der Waals surface area contributed by atoms with Crippen molar-refractivity contribution >= 4 is 38.0 Å². The number of rotatable bonds is 3. The lowest BCUT2D eigenvalue weighted by atomic mass is 10.0. The van der Waals surface area contributed by atoms with Crippen LogP contribution in [-0.2, 0) is 9.84 Å². The van der Waals surface area contributed by atoms with E-state index in [1.165, 1.54) is 16.6 Å². The minimum absolute atomic E-state index is 0.0669. The molecule has 2 aromatic carbocycles. The van der Waals surface area contributed by atoms with Gasteiger partial charge in [-0.2, -0.15) is 4.98 Å². The van der Waals surface area contributed by atoms with E-state index in [0.717, 1.165) is 5.56 Å². The van der Waals surface area contributed by atoms with Gasteiger partial charge in [0.2, 0.25) is 14.9 Å². The normalized spacial score (nSPS) is 12.3. The van der Waals surface area contributed by atoms with Gasteiger partial charge in [0.25, 0.3) is 5.56 Å². The summed E-state index contributed by atoms with van der Waals surface area (Å²) in [5, 5.41) is 6.68. The van der Waals surface area contributed by atoms with Crippen molar-refractivity contribution in [3.05, 3.63) is 63.4 Å². The van der Waals surface area contributed by atoms with E-state index < -0.39 is 15.4 Å². The molecule has 7 nitrogen and oxygen atoms in total. The van der Waals surface area contributed by atoms with Gasteiger partial charge in [-0.1, -0.05) is 43.6 Å². The van der Waals surface area contributed by atoms with Gasteiger partial charge in [-0.25, -0.2) is 18.1 Å². The monoisotopic (exact) mass is 402 g/mol. The van der Waals surface area contributed by atoms with Crippen molar-refractivity contribution in [1.29, 1.82) is 0 Å². The minimum Gasteiger partial charge on any atom is -0.267 e. The molecule has 138 valence electrons. The number of nitrogens with one attached hydrogen (secondary N) is 1. The van der Waals surface area contributed by atoms with E-state index in [0.29, 0.717) is 5.52 Å². The molecule has 0 amide bonds. The summed E-state index contributed by atoms with van der Waals surface area (Å²) in [5.74, 6) is 0.282. The molecule has 4 rings (SSSR count). The number of aromatic nitrogens is 4. The summed E-state index contributed by atoms with van der Waals surface area (Å²) in [6.07, 6.45) is 0. The summed E-state index contributed by atoms with van der Waals surface area (Å²) in [6, 6.07) is 11.5. The molecule has 0 aliphatic rings. The van der Waals surface area contributed by atoms with Crippen LogP contribution in [0.15, 0.2) is 57.2 Å². The second-order valence-corrected chi connectivity index (χ2v) is 8.73. The van der Waals surface area contributed by atoms with Gasteiger partial charge in [0, 0.05) is 0 Å². The smallest absolute Gasteiger partial charge is 0.267 e. The Bertz CT molecular complexity index is 1340. The van der Waals surface area contributed by atoms with Gasteiger partial charge >= 0.3 is 0 Å². The number of H-pyrrole nitrogens is 1. The number of hydrogen-bond donors (Lipinski definition) is 1. The SMILES string of the molecule is CC(C)c1ccc(S(=O)(=O)c2n[nH]n3c2nc(=O)c2c(Cl)cccc23)cc1. The van der Waals surface area contributed by atoms with Crippen LogP contribution in [0, 0.1) is 0 Å². The van der Waals surface area contributed by atoms with Crippen LogP contribution in [0.2, 0.25) is 5.02 Å². The lowest BCUT2D eigenvalue weighted by Crippen LogP contribution is -2.12. The van der Waals surface area contributed by atoms with Crippen LogP contribution in [0.1, 0.15) is 25.3 Å². The van der Waals surface area contributed by atoms with Crippen molar-refractivity contribution in [3.8, 4) is 0 Å². The third-order valence-corrected chi connectivity index (χ3v) is 6.41. The highest BCUT2D eigenvalue weighted by Crippen LogP contribution is 2.26. The van der Waals surface area contributed by atoms with E-state index in [-0.39, 0.29) is 31.9 Å². The first kappa shape index (κ1) is 17.7. The molecule has 0 unspecified atom stereocenters. The van der Waals surface area contributed by atoms with E-state index in [1.54, 1.807) is 30.3 Å². The topological polar surface area (TPSA) is 97.2 Å². The average Bonchev–Trinajstić information content (AvgIpc) is 3.06. The number of nitrogens with zero attached hydrogens (tertiary/aromatic N) is 3. The van der Waals surface area contributed by atoms with Gasteiger partial charge in [0.1, 0.15) is 0 Å².